The van der Waals surface area contributed by atoms with Crippen molar-refractivity contribution in [3.8, 4) is 0 Å². The van der Waals surface area contributed by atoms with Gasteiger partial charge < -0.3 is 0 Å². The second-order valence-electron chi connectivity index (χ2n) is 11.0. The second kappa shape index (κ2) is 15.3. The van der Waals surface area contributed by atoms with Gasteiger partial charge in [-0.25, -0.2) is 9.98 Å². The highest BCUT2D eigenvalue weighted by Crippen LogP contribution is 2.36. The van der Waals surface area contributed by atoms with E-state index in [1.807, 2.05) is 121 Å². The highest BCUT2D eigenvalue weighted by atomic mass is 31.1. The van der Waals surface area contributed by atoms with Crippen molar-refractivity contribution in [2.75, 3.05) is 0 Å². The molecule has 2 nitrogen and oxygen atoms in total. The molecule has 10 heteroatoms. The third kappa shape index (κ3) is 8.45. The SMILES string of the molecule is FC(F)(F)C(=Nc1ccc(P(c2ccccc2)c2ccccc2)cc1)C(=Nc1ccc(P(c2ccccc2)c2ccccc2)cc1)C(F)(F)F. The second-order valence-corrected chi connectivity index (χ2v) is 15.4. The van der Waals surface area contributed by atoms with Crippen LogP contribution in [0, 0.1) is 0 Å². The molecule has 0 spiro atoms. The fourth-order valence-electron chi connectivity index (χ4n) is 5.31. The normalized spacial score (nSPS) is 12.8. The monoisotopic (exact) mass is 712 g/mol. The van der Waals surface area contributed by atoms with Crippen LogP contribution in [-0.2, 0) is 0 Å². The zero-order valence-electron chi connectivity index (χ0n) is 26.2. The first-order valence-electron chi connectivity index (χ1n) is 15.4. The van der Waals surface area contributed by atoms with Crippen LogP contribution in [0.1, 0.15) is 0 Å². The fraction of sp³-hybridized carbons (Fsp3) is 0.0500. The van der Waals surface area contributed by atoms with Gasteiger partial charge in [0.25, 0.3) is 0 Å². The maximum Gasteiger partial charge on any atom is 0.435 e. The molecule has 0 aliphatic carbocycles. The summed E-state index contributed by atoms with van der Waals surface area (Å²) >= 11 is 0. The number of benzene rings is 6. The van der Waals surface area contributed by atoms with Crippen molar-refractivity contribution >= 4 is 70.5 Å². The summed E-state index contributed by atoms with van der Waals surface area (Å²) in [5, 5.41) is 5.66. The molecule has 0 saturated carbocycles. The number of nitrogens with zero attached hydrogens (tertiary/aromatic N) is 2. The average Bonchev–Trinajstić information content (AvgIpc) is 3.12. The Kier molecular flexibility index (Phi) is 10.7. The first kappa shape index (κ1) is 34.9. The van der Waals surface area contributed by atoms with Crippen LogP contribution in [0.25, 0.3) is 0 Å². The smallest absolute Gasteiger partial charge is 0.242 e. The molecular formula is C40H28F6N2P2. The van der Waals surface area contributed by atoms with Crippen molar-refractivity contribution in [2.45, 2.75) is 12.4 Å². The van der Waals surface area contributed by atoms with E-state index < -0.39 is 39.6 Å². The number of aliphatic imine (C=N–C) groups is 2. The van der Waals surface area contributed by atoms with Gasteiger partial charge in [-0.2, -0.15) is 26.3 Å². The van der Waals surface area contributed by atoms with Crippen LogP contribution in [0.4, 0.5) is 37.7 Å². The van der Waals surface area contributed by atoms with Gasteiger partial charge in [-0.05, 0) is 71.9 Å². The molecule has 6 rings (SSSR count). The van der Waals surface area contributed by atoms with Crippen molar-refractivity contribution in [1.29, 1.82) is 0 Å². The van der Waals surface area contributed by atoms with E-state index >= 15 is 0 Å². The molecule has 0 amide bonds. The van der Waals surface area contributed by atoms with Crippen LogP contribution >= 0.6 is 15.8 Å². The van der Waals surface area contributed by atoms with E-state index in [1.54, 1.807) is 24.3 Å². The summed E-state index contributed by atoms with van der Waals surface area (Å²) in [6, 6.07) is 50.2. The molecule has 0 aliphatic heterocycles. The number of rotatable bonds is 9. The minimum Gasteiger partial charge on any atom is -0.242 e. The first-order valence-corrected chi connectivity index (χ1v) is 18.1. The Bertz CT molecular complexity index is 1820. The van der Waals surface area contributed by atoms with Crippen molar-refractivity contribution < 1.29 is 26.3 Å². The Morgan fingerprint density at radius 3 is 0.760 bits per heavy atom. The van der Waals surface area contributed by atoms with Crippen LogP contribution in [0.2, 0.25) is 0 Å². The molecule has 0 N–H and O–H groups in total. The van der Waals surface area contributed by atoms with Gasteiger partial charge in [-0.3, -0.25) is 0 Å². The lowest BCUT2D eigenvalue weighted by atomic mass is 10.2. The molecule has 0 fully saturated rings. The lowest BCUT2D eigenvalue weighted by molar-refractivity contribution is -0.0709. The third-order valence-electron chi connectivity index (χ3n) is 7.52. The highest BCUT2D eigenvalue weighted by molar-refractivity contribution is 7.80. The van der Waals surface area contributed by atoms with E-state index in [1.165, 1.54) is 24.3 Å². The summed E-state index contributed by atoms with van der Waals surface area (Å²) in [6.07, 6.45) is -10.9. The largest absolute Gasteiger partial charge is 0.435 e. The zero-order chi connectivity index (χ0) is 35.1. The standard InChI is InChI=1S/C40H28F6N2P2/c41-39(42,43)37(47-29-21-25-35(26-22-29)49(31-13-5-1-6-14-31)32-15-7-2-8-16-32)38(40(44,45)46)48-30-23-27-36(28-24-30)50(33-17-9-3-10-18-33)34-19-11-4-12-20-34/h1-28H. The van der Waals surface area contributed by atoms with E-state index in [2.05, 4.69) is 9.98 Å². The summed E-state index contributed by atoms with van der Waals surface area (Å²) in [6.45, 7) is 0. The number of hydrogen-bond acceptors (Lipinski definition) is 2. The van der Waals surface area contributed by atoms with Crippen LogP contribution in [-0.4, -0.2) is 23.8 Å². The summed E-state index contributed by atoms with van der Waals surface area (Å²) in [7, 11) is -2.15. The molecule has 0 atom stereocenters. The average molecular weight is 713 g/mol. The Morgan fingerprint density at radius 1 is 0.320 bits per heavy atom. The minimum absolute atomic E-state index is 0.277. The molecule has 50 heavy (non-hydrogen) atoms. The minimum atomic E-state index is -5.44. The molecule has 0 heterocycles. The lowest BCUT2D eigenvalue weighted by Crippen LogP contribution is -2.40. The highest BCUT2D eigenvalue weighted by Gasteiger charge is 2.50. The topological polar surface area (TPSA) is 24.7 Å². The molecular weight excluding hydrogens is 684 g/mol. The van der Waals surface area contributed by atoms with Gasteiger partial charge in [-0.1, -0.05) is 146 Å². The van der Waals surface area contributed by atoms with Crippen LogP contribution in [0.15, 0.2) is 180 Å². The van der Waals surface area contributed by atoms with E-state index in [-0.39, 0.29) is 11.4 Å². The molecule has 0 radical (unpaired) electrons. The van der Waals surface area contributed by atoms with Crippen LogP contribution in [0.3, 0.4) is 0 Å². The summed E-state index contributed by atoms with van der Waals surface area (Å²) in [4.78, 5) is 7.03. The molecule has 250 valence electrons. The van der Waals surface area contributed by atoms with Crippen molar-refractivity contribution in [1.82, 2.24) is 0 Å². The van der Waals surface area contributed by atoms with Gasteiger partial charge in [0, 0.05) is 0 Å². The van der Waals surface area contributed by atoms with Gasteiger partial charge in [0.05, 0.1) is 11.4 Å². The van der Waals surface area contributed by atoms with Crippen LogP contribution < -0.4 is 31.8 Å². The van der Waals surface area contributed by atoms with Gasteiger partial charge >= 0.3 is 12.4 Å². The molecule has 0 saturated heterocycles. The van der Waals surface area contributed by atoms with Gasteiger partial charge in [-0.15, -0.1) is 0 Å². The van der Waals surface area contributed by atoms with Crippen molar-refractivity contribution in [2.24, 2.45) is 9.98 Å². The third-order valence-corrected chi connectivity index (χ3v) is 12.4. The lowest BCUT2D eigenvalue weighted by Gasteiger charge is -2.20. The van der Waals surface area contributed by atoms with Crippen molar-refractivity contribution in [3.05, 3.63) is 170 Å². The molecule has 0 aromatic heterocycles. The Hall–Kier alpha value is -4.90. The molecule has 6 aromatic carbocycles. The fourth-order valence-corrected chi connectivity index (χ4v) is 9.88. The summed E-state index contributed by atoms with van der Waals surface area (Å²) in [5.74, 6) is 0. The Balaban J connectivity index is 1.36. The van der Waals surface area contributed by atoms with Gasteiger partial charge in [0.1, 0.15) is 0 Å². The summed E-state index contributed by atoms with van der Waals surface area (Å²) < 4.78 is 86.3. The maximum absolute atomic E-state index is 14.4. The van der Waals surface area contributed by atoms with E-state index in [9.17, 15) is 26.3 Å². The van der Waals surface area contributed by atoms with Crippen molar-refractivity contribution in [3.63, 3.8) is 0 Å². The zero-order valence-corrected chi connectivity index (χ0v) is 28.0. The van der Waals surface area contributed by atoms with E-state index in [4.69, 9.17) is 0 Å². The molecule has 0 bridgehead atoms. The maximum atomic E-state index is 14.4. The summed E-state index contributed by atoms with van der Waals surface area (Å²) in [5.41, 5.74) is -4.79. The molecule has 0 unspecified atom stereocenters. The van der Waals surface area contributed by atoms with Gasteiger partial charge in [0.2, 0.25) is 0 Å². The quantitative estimate of drug-likeness (QED) is 0.0812. The Morgan fingerprint density at radius 2 is 0.540 bits per heavy atom. The number of halogens is 6. The number of hydrogen-bond donors (Lipinski definition) is 0. The number of alkyl halides is 6. The molecule has 0 aliphatic rings. The van der Waals surface area contributed by atoms with E-state index in [0.717, 1.165) is 31.8 Å². The Labute approximate surface area is 288 Å². The molecule has 6 aromatic rings. The predicted octanol–water partition coefficient (Wildman–Crippen LogP) is 9.17. The van der Waals surface area contributed by atoms with E-state index in [0.29, 0.717) is 0 Å². The predicted molar refractivity (Wildman–Crippen MR) is 197 cm³/mol. The first-order chi connectivity index (χ1) is 24.1. The van der Waals surface area contributed by atoms with Crippen LogP contribution in [0.5, 0.6) is 0 Å². The van der Waals surface area contributed by atoms with Gasteiger partial charge in [0.15, 0.2) is 11.4 Å².